The Morgan fingerprint density at radius 3 is 2.16 bits per heavy atom. The lowest BCUT2D eigenvalue weighted by Gasteiger charge is -2.43. The fourth-order valence-electron chi connectivity index (χ4n) is 4.62. The largest absolute Gasteiger partial charge is 0.407 e. The van der Waals surface area contributed by atoms with Gasteiger partial charge in [0.15, 0.2) is 0 Å². The van der Waals surface area contributed by atoms with Crippen molar-refractivity contribution in [2.75, 3.05) is 6.61 Å². The Hall–Kier alpha value is -0.913. The second-order valence-corrected chi connectivity index (χ2v) is 15.3. The normalized spacial score (nSPS) is 22.9. The minimum atomic E-state index is -2.52. The van der Waals surface area contributed by atoms with Crippen LogP contribution in [0.1, 0.15) is 40.0 Å². The van der Waals surface area contributed by atoms with Crippen LogP contribution in [0.2, 0.25) is 5.04 Å². The molecule has 4 atom stereocenters. The van der Waals surface area contributed by atoms with Gasteiger partial charge in [0.05, 0.1) is 17.6 Å². The quantitative estimate of drug-likeness (QED) is 0.227. The van der Waals surface area contributed by atoms with E-state index >= 15 is 0 Å². The fourth-order valence-corrected chi connectivity index (χ4v) is 10.2. The topological polar surface area (TPSA) is 18.5 Å². The summed E-state index contributed by atoms with van der Waals surface area (Å²) in [6.07, 6.45) is 4.58. The summed E-state index contributed by atoms with van der Waals surface area (Å²) in [5.74, 6) is 0. The first-order valence-electron chi connectivity index (χ1n) is 11.1. The number of halogens is 2. The zero-order chi connectivity index (χ0) is 22.5. The molecule has 0 N–H and O–H groups in total. The third-order valence-electron chi connectivity index (χ3n) is 6.14. The van der Waals surface area contributed by atoms with Crippen LogP contribution >= 0.6 is 27.5 Å². The molecule has 1 fully saturated rings. The third-order valence-corrected chi connectivity index (χ3v) is 12.6. The highest BCUT2D eigenvalue weighted by atomic mass is 79.9. The molecule has 0 saturated carbocycles. The summed E-state index contributed by atoms with van der Waals surface area (Å²) in [7, 11) is -2.52. The molecule has 2 aromatic carbocycles. The van der Waals surface area contributed by atoms with Gasteiger partial charge in [-0.2, -0.15) is 0 Å². The van der Waals surface area contributed by atoms with Gasteiger partial charge in [0.2, 0.25) is 0 Å². The molecule has 0 aliphatic carbocycles. The first-order chi connectivity index (χ1) is 14.8. The maximum atomic E-state index is 6.99. The molecule has 0 spiro atoms. The molecule has 0 radical (unpaired) electrons. The van der Waals surface area contributed by atoms with Crippen molar-refractivity contribution in [1.82, 2.24) is 0 Å². The minimum absolute atomic E-state index is 0.00903. The van der Waals surface area contributed by atoms with Crippen molar-refractivity contribution in [3.63, 3.8) is 0 Å². The Bertz CT molecular complexity index is 785. The van der Waals surface area contributed by atoms with E-state index < -0.39 is 8.32 Å². The molecule has 2 nitrogen and oxygen atoms in total. The Morgan fingerprint density at radius 2 is 1.68 bits per heavy atom. The number of benzene rings is 2. The number of hydrogen-bond donors (Lipinski definition) is 0. The van der Waals surface area contributed by atoms with Gasteiger partial charge < -0.3 is 9.16 Å². The van der Waals surface area contributed by atoms with Gasteiger partial charge in [-0.3, -0.25) is 0 Å². The molecule has 31 heavy (non-hydrogen) atoms. The molecular formula is C26H34BrClO2Si. The molecule has 5 heteroatoms. The number of alkyl halides is 2. The van der Waals surface area contributed by atoms with Gasteiger partial charge in [-0.25, -0.2) is 0 Å². The lowest BCUT2D eigenvalue weighted by atomic mass is 10.1. The highest BCUT2D eigenvalue weighted by molar-refractivity contribution is 9.09. The van der Waals surface area contributed by atoms with E-state index in [2.05, 4.69) is 104 Å². The fraction of sp³-hybridized carbons (Fsp3) is 0.462. The molecule has 3 rings (SSSR count). The summed E-state index contributed by atoms with van der Waals surface area (Å²) in [6.45, 7) is 11.4. The van der Waals surface area contributed by atoms with Crippen molar-refractivity contribution < 1.29 is 9.16 Å². The average molecular weight is 522 g/mol. The van der Waals surface area contributed by atoms with Crippen molar-refractivity contribution >= 4 is 46.2 Å². The van der Waals surface area contributed by atoms with E-state index in [9.17, 15) is 0 Å². The zero-order valence-electron chi connectivity index (χ0n) is 18.8. The Morgan fingerprint density at radius 1 is 1.13 bits per heavy atom. The summed E-state index contributed by atoms with van der Waals surface area (Å²) in [4.78, 5) is 0.258. The Kier molecular flexibility index (Phi) is 8.62. The van der Waals surface area contributed by atoms with Crippen LogP contribution in [0.15, 0.2) is 73.3 Å². The first kappa shape index (κ1) is 24.7. The van der Waals surface area contributed by atoms with Gasteiger partial charge in [0.25, 0.3) is 8.32 Å². The first-order valence-corrected chi connectivity index (χ1v) is 14.3. The van der Waals surface area contributed by atoms with Crippen molar-refractivity contribution in [1.29, 1.82) is 0 Å². The summed E-state index contributed by atoms with van der Waals surface area (Å²) in [5.41, 5.74) is 0. The lowest BCUT2D eigenvalue weighted by Crippen LogP contribution is -2.66. The van der Waals surface area contributed by atoms with Crippen LogP contribution in [0, 0.1) is 0 Å². The summed E-state index contributed by atoms with van der Waals surface area (Å²) in [6, 6.07) is 21.5. The van der Waals surface area contributed by atoms with Crippen LogP contribution in [-0.2, 0) is 9.16 Å². The van der Waals surface area contributed by atoms with Gasteiger partial charge in [-0.05, 0) is 34.7 Å². The van der Waals surface area contributed by atoms with Crippen LogP contribution in [-0.4, -0.2) is 37.3 Å². The molecule has 1 saturated heterocycles. The van der Waals surface area contributed by atoms with Crippen LogP contribution in [0.5, 0.6) is 0 Å². The molecule has 1 aliphatic heterocycles. The standard InChI is InChI=1S/C26H34BrClO2Si/c1-5-12-22(27)25-19-23(28)24(30-25)17-18-29-31(26(2,3)4,20-13-8-6-9-14-20)21-15-10-7-11-16-21/h5-11,13-16,22-25H,1,12,17-19H2,2-4H3/t22-,23+,24+,25-/m0/s1. The maximum absolute atomic E-state index is 6.99. The van der Waals surface area contributed by atoms with Gasteiger partial charge >= 0.3 is 0 Å². The number of hydrogen-bond acceptors (Lipinski definition) is 2. The highest BCUT2D eigenvalue weighted by Gasteiger charge is 2.50. The van der Waals surface area contributed by atoms with E-state index in [-0.39, 0.29) is 27.5 Å². The molecule has 0 aromatic heterocycles. The molecule has 1 heterocycles. The lowest BCUT2D eigenvalue weighted by molar-refractivity contribution is 0.0335. The van der Waals surface area contributed by atoms with Crippen LogP contribution < -0.4 is 10.4 Å². The SMILES string of the molecule is C=CC[C@H](Br)[C@@H]1C[C@@H](Cl)[C@@H](CCO[Si](c2ccccc2)(c2ccccc2)C(C)(C)C)O1. The smallest absolute Gasteiger partial charge is 0.261 e. The Balaban J connectivity index is 1.81. The van der Waals surface area contributed by atoms with Gasteiger partial charge in [-0.1, -0.05) is 103 Å². The highest BCUT2D eigenvalue weighted by Crippen LogP contribution is 2.38. The van der Waals surface area contributed by atoms with E-state index in [0.29, 0.717) is 6.61 Å². The zero-order valence-corrected chi connectivity index (χ0v) is 22.1. The van der Waals surface area contributed by atoms with E-state index in [1.54, 1.807) is 0 Å². The van der Waals surface area contributed by atoms with Crippen molar-refractivity contribution in [2.24, 2.45) is 0 Å². The second-order valence-electron chi connectivity index (χ2n) is 9.31. The van der Waals surface area contributed by atoms with E-state index in [0.717, 1.165) is 19.3 Å². The third kappa shape index (κ3) is 5.54. The summed E-state index contributed by atoms with van der Waals surface area (Å²) < 4.78 is 13.3. The van der Waals surface area contributed by atoms with Crippen molar-refractivity contribution in [3.05, 3.63) is 73.3 Å². The molecular weight excluding hydrogens is 488 g/mol. The van der Waals surface area contributed by atoms with Crippen LogP contribution in [0.4, 0.5) is 0 Å². The molecule has 0 bridgehead atoms. The van der Waals surface area contributed by atoms with Gasteiger partial charge in [0, 0.05) is 11.4 Å². The number of rotatable bonds is 9. The maximum Gasteiger partial charge on any atom is 0.261 e. The number of ether oxygens (including phenoxy) is 1. The molecule has 2 aromatic rings. The predicted octanol–water partition coefficient (Wildman–Crippen LogP) is 6.06. The van der Waals surface area contributed by atoms with E-state index in [4.69, 9.17) is 20.8 Å². The second kappa shape index (κ2) is 10.8. The van der Waals surface area contributed by atoms with E-state index in [1.807, 2.05) is 6.08 Å². The predicted molar refractivity (Wildman–Crippen MR) is 139 cm³/mol. The number of allylic oxidation sites excluding steroid dienone is 1. The molecule has 1 aliphatic rings. The van der Waals surface area contributed by atoms with Gasteiger partial charge in [0.1, 0.15) is 0 Å². The monoisotopic (exact) mass is 520 g/mol. The molecule has 168 valence electrons. The molecule has 0 unspecified atom stereocenters. The van der Waals surface area contributed by atoms with Gasteiger partial charge in [-0.15, -0.1) is 18.2 Å². The minimum Gasteiger partial charge on any atom is -0.407 e. The van der Waals surface area contributed by atoms with E-state index in [1.165, 1.54) is 10.4 Å². The summed E-state index contributed by atoms with van der Waals surface area (Å²) in [5, 5.41) is 2.58. The van der Waals surface area contributed by atoms with Crippen LogP contribution in [0.3, 0.4) is 0 Å². The van der Waals surface area contributed by atoms with Crippen molar-refractivity contribution in [2.45, 2.75) is 67.5 Å². The Labute approximate surface area is 202 Å². The summed E-state index contributed by atoms with van der Waals surface area (Å²) >= 11 is 10.4. The van der Waals surface area contributed by atoms with Crippen LogP contribution in [0.25, 0.3) is 0 Å². The average Bonchev–Trinajstić information content (AvgIpc) is 3.12. The molecule has 0 amide bonds. The van der Waals surface area contributed by atoms with Crippen molar-refractivity contribution in [3.8, 4) is 0 Å².